The van der Waals surface area contributed by atoms with Crippen molar-refractivity contribution in [3.63, 3.8) is 0 Å². The molecule has 0 atom stereocenters. The number of benzene rings is 1. The summed E-state index contributed by atoms with van der Waals surface area (Å²) in [7, 11) is 0. The average Bonchev–Trinajstić information content (AvgIpc) is 2.19. The van der Waals surface area contributed by atoms with Crippen molar-refractivity contribution in [2.45, 2.75) is 6.92 Å². The Morgan fingerprint density at radius 1 is 1.60 bits per heavy atom. The number of aliphatic hydroxyl groups excluding tert-OH is 1. The molecular weight excluding hydrogens is 201 g/mol. The molecule has 0 aliphatic rings. The van der Waals surface area contributed by atoms with Crippen LogP contribution in [0, 0.1) is 12.7 Å². The fourth-order valence-corrected chi connectivity index (χ4v) is 1.05. The summed E-state index contributed by atoms with van der Waals surface area (Å²) in [6.45, 7) is 1.38. The lowest BCUT2D eigenvalue weighted by Gasteiger charge is -2.08. The highest BCUT2D eigenvalue weighted by Crippen LogP contribution is 2.15. The number of hydrogen-bond donors (Lipinski definition) is 2. The molecule has 1 rings (SSSR count). The van der Waals surface area contributed by atoms with E-state index in [1.807, 2.05) is 0 Å². The molecule has 0 aromatic heterocycles. The predicted octanol–water partition coefficient (Wildman–Crippen LogP) is 1.67. The molecule has 15 heavy (non-hydrogen) atoms. The first-order valence-electron chi connectivity index (χ1n) is 4.44. The zero-order valence-electron chi connectivity index (χ0n) is 8.29. The first kappa shape index (κ1) is 11.5. The van der Waals surface area contributed by atoms with Gasteiger partial charge in [-0.25, -0.2) is 9.18 Å². The van der Waals surface area contributed by atoms with Gasteiger partial charge in [-0.15, -0.1) is 0 Å². The standard InChI is InChI=1S/C10H12FNO3/c1-7-6-8(11)2-3-9(7)12-10(14)15-5-4-13/h2-3,6,13H,4-5H2,1H3,(H,12,14). The van der Waals surface area contributed by atoms with Gasteiger partial charge in [0, 0.05) is 5.69 Å². The highest BCUT2D eigenvalue weighted by molar-refractivity contribution is 5.85. The van der Waals surface area contributed by atoms with Gasteiger partial charge in [0.05, 0.1) is 6.61 Å². The Morgan fingerprint density at radius 2 is 2.33 bits per heavy atom. The highest BCUT2D eigenvalue weighted by atomic mass is 19.1. The number of nitrogens with one attached hydrogen (secondary N) is 1. The minimum absolute atomic E-state index is 0.0634. The maximum Gasteiger partial charge on any atom is 0.411 e. The first-order valence-corrected chi connectivity index (χ1v) is 4.44. The van der Waals surface area contributed by atoms with Gasteiger partial charge in [0.1, 0.15) is 12.4 Å². The fourth-order valence-electron chi connectivity index (χ4n) is 1.05. The molecule has 2 N–H and O–H groups in total. The van der Waals surface area contributed by atoms with Crippen molar-refractivity contribution in [3.8, 4) is 0 Å². The zero-order valence-corrected chi connectivity index (χ0v) is 8.29. The quantitative estimate of drug-likeness (QED) is 0.803. The summed E-state index contributed by atoms with van der Waals surface area (Å²) in [5.41, 5.74) is 1.09. The van der Waals surface area contributed by atoms with Crippen LogP contribution in [0.1, 0.15) is 5.56 Å². The topological polar surface area (TPSA) is 58.6 Å². The van der Waals surface area contributed by atoms with E-state index in [2.05, 4.69) is 10.1 Å². The minimum atomic E-state index is -0.668. The van der Waals surface area contributed by atoms with Gasteiger partial charge in [0.2, 0.25) is 0 Å². The van der Waals surface area contributed by atoms with Crippen molar-refractivity contribution >= 4 is 11.8 Å². The van der Waals surface area contributed by atoms with Crippen LogP contribution in [0.25, 0.3) is 0 Å². The normalized spacial score (nSPS) is 9.80. The Hall–Kier alpha value is -1.62. The summed E-state index contributed by atoms with van der Waals surface area (Å²) in [6.07, 6.45) is -0.668. The highest BCUT2D eigenvalue weighted by Gasteiger charge is 2.05. The van der Waals surface area contributed by atoms with E-state index in [0.717, 1.165) is 0 Å². The van der Waals surface area contributed by atoms with E-state index in [1.165, 1.54) is 18.2 Å². The summed E-state index contributed by atoms with van der Waals surface area (Å²) in [5.74, 6) is -0.359. The number of ether oxygens (including phenoxy) is 1. The molecule has 82 valence electrons. The molecular formula is C10H12FNO3. The molecule has 0 bridgehead atoms. The van der Waals surface area contributed by atoms with Crippen LogP contribution < -0.4 is 5.32 Å². The van der Waals surface area contributed by atoms with Crippen LogP contribution in [-0.4, -0.2) is 24.4 Å². The van der Waals surface area contributed by atoms with Gasteiger partial charge in [-0.05, 0) is 30.7 Å². The lowest BCUT2D eigenvalue weighted by Crippen LogP contribution is -2.16. The van der Waals surface area contributed by atoms with Crippen LogP contribution in [0.5, 0.6) is 0 Å². The summed E-state index contributed by atoms with van der Waals surface area (Å²) in [6, 6.07) is 4.00. The number of halogens is 1. The zero-order chi connectivity index (χ0) is 11.3. The van der Waals surface area contributed by atoms with E-state index in [9.17, 15) is 9.18 Å². The molecule has 0 saturated carbocycles. The minimum Gasteiger partial charge on any atom is -0.447 e. The van der Waals surface area contributed by atoms with Crippen molar-refractivity contribution < 1.29 is 19.0 Å². The van der Waals surface area contributed by atoms with E-state index in [0.29, 0.717) is 11.3 Å². The van der Waals surface area contributed by atoms with Gasteiger partial charge in [-0.3, -0.25) is 5.32 Å². The van der Waals surface area contributed by atoms with E-state index < -0.39 is 6.09 Å². The number of aliphatic hydroxyl groups is 1. The van der Waals surface area contributed by atoms with E-state index in [4.69, 9.17) is 5.11 Å². The maximum absolute atomic E-state index is 12.7. The Bertz CT molecular complexity index is 355. The largest absolute Gasteiger partial charge is 0.447 e. The van der Waals surface area contributed by atoms with Gasteiger partial charge in [0.25, 0.3) is 0 Å². The third-order valence-electron chi connectivity index (χ3n) is 1.75. The van der Waals surface area contributed by atoms with Gasteiger partial charge < -0.3 is 9.84 Å². The van der Waals surface area contributed by atoms with E-state index in [-0.39, 0.29) is 19.0 Å². The molecule has 0 spiro atoms. The summed E-state index contributed by atoms with van der Waals surface area (Å²) < 4.78 is 17.3. The van der Waals surface area contributed by atoms with Gasteiger partial charge in [0.15, 0.2) is 0 Å². The number of amides is 1. The molecule has 0 aliphatic heterocycles. The van der Waals surface area contributed by atoms with Crippen LogP contribution in [0.4, 0.5) is 14.9 Å². The lowest BCUT2D eigenvalue weighted by molar-refractivity contribution is 0.131. The molecule has 1 amide bonds. The number of aryl methyl sites for hydroxylation is 1. The summed E-state index contributed by atoms with van der Waals surface area (Å²) >= 11 is 0. The maximum atomic E-state index is 12.7. The molecule has 0 fully saturated rings. The third kappa shape index (κ3) is 3.55. The van der Waals surface area contributed by atoms with E-state index >= 15 is 0 Å². The molecule has 0 heterocycles. The monoisotopic (exact) mass is 213 g/mol. The van der Waals surface area contributed by atoms with E-state index in [1.54, 1.807) is 6.92 Å². The second-order valence-electron chi connectivity index (χ2n) is 2.94. The van der Waals surface area contributed by atoms with Crippen molar-refractivity contribution in [1.82, 2.24) is 0 Å². The molecule has 0 radical (unpaired) electrons. The number of anilines is 1. The Morgan fingerprint density at radius 3 is 2.93 bits per heavy atom. The van der Waals surface area contributed by atoms with Gasteiger partial charge in [-0.1, -0.05) is 0 Å². The number of carbonyl (C=O) groups excluding carboxylic acids is 1. The Kier molecular flexibility index (Phi) is 4.05. The smallest absolute Gasteiger partial charge is 0.411 e. The van der Waals surface area contributed by atoms with Crippen molar-refractivity contribution in [2.24, 2.45) is 0 Å². The van der Waals surface area contributed by atoms with Crippen LogP contribution >= 0.6 is 0 Å². The third-order valence-corrected chi connectivity index (χ3v) is 1.75. The summed E-state index contributed by atoms with van der Waals surface area (Å²) in [4.78, 5) is 11.1. The number of carbonyl (C=O) groups is 1. The Labute approximate surface area is 86.7 Å². The van der Waals surface area contributed by atoms with Crippen molar-refractivity contribution in [3.05, 3.63) is 29.6 Å². The fraction of sp³-hybridized carbons (Fsp3) is 0.300. The van der Waals surface area contributed by atoms with Crippen molar-refractivity contribution in [1.29, 1.82) is 0 Å². The van der Waals surface area contributed by atoms with Crippen LogP contribution in [0.3, 0.4) is 0 Å². The van der Waals surface area contributed by atoms with Gasteiger partial charge in [-0.2, -0.15) is 0 Å². The van der Waals surface area contributed by atoms with Gasteiger partial charge >= 0.3 is 6.09 Å². The molecule has 0 aliphatic carbocycles. The average molecular weight is 213 g/mol. The second-order valence-corrected chi connectivity index (χ2v) is 2.94. The molecule has 5 heteroatoms. The van der Waals surface area contributed by atoms with Crippen LogP contribution in [0.15, 0.2) is 18.2 Å². The molecule has 0 unspecified atom stereocenters. The SMILES string of the molecule is Cc1cc(F)ccc1NC(=O)OCCO. The molecule has 1 aromatic carbocycles. The Balaban J connectivity index is 2.60. The lowest BCUT2D eigenvalue weighted by atomic mass is 10.2. The molecule has 0 saturated heterocycles. The van der Waals surface area contributed by atoms with Crippen LogP contribution in [-0.2, 0) is 4.74 Å². The molecule has 1 aromatic rings. The van der Waals surface area contributed by atoms with Crippen molar-refractivity contribution in [2.75, 3.05) is 18.5 Å². The number of rotatable bonds is 3. The predicted molar refractivity (Wildman–Crippen MR) is 53.2 cm³/mol. The molecule has 4 nitrogen and oxygen atoms in total. The first-order chi connectivity index (χ1) is 7.13. The second kappa shape index (κ2) is 5.31. The number of hydrogen-bond acceptors (Lipinski definition) is 3. The summed E-state index contributed by atoms with van der Waals surface area (Å²) in [5, 5.41) is 10.9. The van der Waals surface area contributed by atoms with Crippen LogP contribution in [0.2, 0.25) is 0 Å².